The summed E-state index contributed by atoms with van der Waals surface area (Å²) in [5, 5.41) is 1.06. The lowest BCUT2D eigenvalue weighted by molar-refractivity contribution is 0.215. The van der Waals surface area contributed by atoms with Crippen LogP contribution in [-0.4, -0.2) is 44.6 Å². The Kier molecular flexibility index (Phi) is 4.37. The van der Waals surface area contributed by atoms with E-state index in [0.29, 0.717) is 18.4 Å². The van der Waals surface area contributed by atoms with Crippen molar-refractivity contribution in [3.8, 4) is 5.88 Å². The minimum absolute atomic E-state index is 0.529. The van der Waals surface area contributed by atoms with E-state index in [1.165, 1.54) is 0 Å². The molecular formula is C18H20N6O. The zero-order chi connectivity index (χ0) is 17.1. The van der Waals surface area contributed by atoms with Crippen molar-refractivity contribution in [3.05, 3.63) is 42.9 Å². The van der Waals surface area contributed by atoms with Crippen LogP contribution in [0.2, 0.25) is 0 Å². The summed E-state index contributed by atoms with van der Waals surface area (Å²) in [6.07, 6.45) is 8.87. The summed E-state index contributed by atoms with van der Waals surface area (Å²) >= 11 is 0. The zero-order valence-electron chi connectivity index (χ0n) is 14.2. The second-order valence-corrected chi connectivity index (χ2v) is 6.33. The van der Waals surface area contributed by atoms with Crippen molar-refractivity contribution in [2.45, 2.75) is 19.8 Å². The molecule has 0 radical (unpaired) electrons. The predicted molar refractivity (Wildman–Crippen MR) is 94.5 cm³/mol. The van der Waals surface area contributed by atoms with Gasteiger partial charge in [0.1, 0.15) is 18.5 Å². The van der Waals surface area contributed by atoms with E-state index in [1.54, 1.807) is 25.0 Å². The van der Waals surface area contributed by atoms with E-state index in [4.69, 9.17) is 4.74 Å². The normalized spacial score (nSPS) is 15.5. The molecule has 128 valence electrons. The summed E-state index contributed by atoms with van der Waals surface area (Å²) in [4.78, 5) is 23.5. The molecule has 25 heavy (non-hydrogen) atoms. The minimum Gasteiger partial charge on any atom is -0.477 e. The van der Waals surface area contributed by atoms with Crippen molar-refractivity contribution < 1.29 is 4.74 Å². The van der Waals surface area contributed by atoms with E-state index in [-0.39, 0.29) is 0 Å². The molecule has 1 saturated heterocycles. The quantitative estimate of drug-likeness (QED) is 0.724. The van der Waals surface area contributed by atoms with E-state index in [1.807, 2.05) is 19.1 Å². The first-order valence-corrected chi connectivity index (χ1v) is 8.51. The maximum Gasteiger partial charge on any atom is 0.216 e. The van der Waals surface area contributed by atoms with Crippen LogP contribution in [0, 0.1) is 12.8 Å². The van der Waals surface area contributed by atoms with E-state index in [9.17, 15) is 0 Å². The standard InChI is InChI=1S/C18H20N6O/c1-13-8-17(22-11-20-13)25-10-14-3-6-24(7-4-14)18-15-2-5-19-9-16(15)21-12-23-18/h2,5,8-9,11-12,14H,3-4,6-7,10H2,1H3. The molecule has 0 aliphatic carbocycles. The van der Waals surface area contributed by atoms with Gasteiger partial charge in [0.25, 0.3) is 0 Å². The number of aromatic nitrogens is 5. The fraction of sp³-hybridized carbons (Fsp3) is 0.389. The molecule has 3 aromatic rings. The Bertz CT molecular complexity index is 858. The van der Waals surface area contributed by atoms with Crippen LogP contribution >= 0.6 is 0 Å². The number of ether oxygens (including phenoxy) is 1. The van der Waals surface area contributed by atoms with Crippen LogP contribution in [0.25, 0.3) is 10.9 Å². The number of rotatable bonds is 4. The molecule has 1 aliphatic rings. The van der Waals surface area contributed by atoms with Gasteiger partial charge in [0.15, 0.2) is 0 Å². The molecule has 0 aromatic carbocycles. The number of nitrogens with zero attached hydrogens (tertiary/aromatic N) is 6. The van der Waals surface area contributed by atoms with Crippen LogP contribution in [0.5, 0.6) is 5.88 Å². The first-order valence-electron chi connectivity index (χ1n) is 8.51. The van der Waals surface area contributed by atoms with E-state index < -0.39 is 0 Å². The Morgan fingerprint density at radius 3 is 2.80 bits per heavy atom. The summed E-state index contributed by atoms with van der Waals surface area (Å²) < 4.78 is 5.83. The molecule has 0 saturated carbocycles. The maximum atomic E-state index is 5.83. The van der Waals surface area contributed by atoms with Gasteiger partial charge >= 0.3 is 0 Å². The molecule has 0 bridgehead atoms. The molecule has 0 atom stereocenters. The van der Waals surface area contributed by atoms with Crippen LogP contribution in [0.4, 0.5) is 5.82 Å². The monoisotopic (exact) mass is 336 g/mol. The lowest BCUT2D eigenvalue weighted by Gasteiger charge is -2.33. The highest BCUT2D eigenvalue weighted by Crippen LogP contribution is 2.27. The number of hydrogen-bond donors (Lipinski definition) is 0. The van der Waals surface area contributed by atoms with Crippen LogP contribution < -0.4 is 9.64 Å². The van der Waals surface area contributed by atoms with Crippen molar-refractivity contribution in [2.24, 2.45) is 5.92 Å². The first-order chi connectivity index (χ1) is 12.3. The molecule has 1 aliphatic heterocycles. The van der Waals surface area contributed by atoms with Gasteiger partial charge in [-0.2, -0.15) is 0 Å². The van der Waals surface area contributed by atoms with E-state index >= 15 is 0 Å². The topological polar surface area (TPSA) is 76.9 Å². The SMILES string of the molecule is Cc1cc(OCC2CCN(c3ncnc4cnccc34)CC2)ncn1. The summed E-state index contributed by atoms with van der Waals surface area (Å²) in [5.41, 5.74) is 1.81. The number of anilines is 1. The molecule has 3 aromatic heterocycles. The smallest absolute Gasteiger partial charge is 0.216 e. The van der Waals surface area contributed by atoms with Crippen molar-refractivity contribution in [3.63, 3.8) is 0 Å². The zero-order valence-corrected chi connectivity index (χ0v) is 14.2. The number of pyridine rings is 1. The van der Waals surface area contributed by atoms with Crippen molar-refractivity contribution >= 4 is 16.7 Å². The number of hydrogen-bond acceptors (Lipinski definition) is 7. The third-order valence-corrected chi connectivity index (χ3v) is 4.58. The van der Waals surface area contributed by atoms with Crippen molar-refractivity contribution in [2.75, 3.05) is 24.6 Å². The Hall–Kier alpha value is -2.83. The highest BCUT2D eigenvalue weighted by Gasteiger charge is 2.22. The van der Waals surface area contributed by atoms with Crippen molar-refractivity contribution in [1.29, 1.82) is 0 Å². The van der Waals surface area contributed by atoms with Gasteiger partial charge < -0.3 is 9.64 Å². The highest BCUT2D eigenvalue weighted by atomic mass is 16.5. The highest BCUT2D eigenvalue weighted by molar-refractivity contribution is 5.88. The minimum atomic E-state index is 0.529. The van der Waals surface area contributed by atoms with Crippen LogP contribution in [0.15, 0.2) is 37.2 Å². The molecular weight excluding hydrogens is 316 g/mol. The third-order valence-electron chi connectivity index (χ3n) is 4.58. The predicted octanol–water partition coefficient (Wildman–Crippen LogP) is 2.42. The second kappa shape index (κ2) is 6.96. The van der Waals surface area contributed by atoms with Crippen LogP contribution in [0.1, 0.15) is 18.5 Å². The Balaban J connectivity index is 1.38. The van der Waals surface area contributed by atoms with Crippen LogP contribution in [-0.2, 0) is 0 Å². The molecule has 0 unspecified atom stereocenters. The Morgan fingerprint density at radius 2 is 1.96 bits per heavy atom. The van der Waals surface area contributed by atoms with Gasteiger partial charge in [0.05, 0.1) is 18.3 Å². The molecule has 0 spiro atoms. The van der Waals surface area contributed by atoms with Gasteiger partial charge in [-0.05, 0) is 31.7 Å². The fourth-order valence-electron chi connectivity index (χ4n) is 3.17. The molecule has 7 nitrogen and oxygen atoms in total. The molecule has 0 N–H and O–H groups in total. The number of aryl methyl sites for hydroxylation is 1. The van der Waals surface area contributed by atoms with E-state index in [0.717, 1.165) is 48.3 Å². The first kappa shape index (κ1) is 15.7. The summed E-state index contributed by atoms with van der Waals surface area (Å²) in [6, 6.07) is 3.85. The molecule has 4 rings (SSSR count). The third kappa shape index (κ3) is 3.50. The van der Waals surface area contributed by atoms with Crippen LogP contribution in [0.3, 0.4) is 0 Å². The van der Waals surface area contributed by atoms with Gasteiger partial charge in [-0.25, -0.2) is 19.9 Å². The fourth-order valence-corrected chi connectivity index (χ4v) is 3.17. The lowest BCUT2D eigenvalue weighted by atomic mass is 9.97. The molecule has 4 heterocycles. The van der Waals surface area contributed by atoms with Gasteiger partial charge in [-0.3, -0.25) is 4.98 Å². The summed E-state index contributed by atoms with van der Waals surface area (Å²) in [6.45, 7) is 4.56. The van der Waals surface area contributed by atoms with E-state index in [2.05, 4.69) is 29.8 Å². The summed E-state index contributed by atoms with van der Waals surface area (Å²) in [5.74, 6) is 2.18. The number of piperidine rings is 1. The molecule has 0 amide bonds. The maximum absolute atomic E-state index is 5.83. The second-order valence-electron chi connectivity index (χ2n) is 6.33. The van der Waals surface area contributed by atoms with Gasteiger partial charge in [0.2, 0.25) is 5.88 Å². The van der Waals surface area contributed by atoms with Gasteiger partial charge in [-0.1, -0.05) is 0 Å². The Morgan fingerprint density at radius 1 is 1.12 bits per heavy atom. The van der Waals surface area contributed by atoms with Crippen molar-refractivity contribution in [1.82, 2.24) is 24.9 Å². The summed E-state index contributed by atoms with van der Waals surface area (Å²) in [7, 11) is 0. The largest absolute Gasteiger partial charge is 0.477 e. The van der Waals surface area contributed by atoms with Gasteiger partial charge in [-0.15, -0.1) is 0 Å². The number of fused-ring (bicyclic) bond motifs is 1. The average molecular weight is 336 g/mol. The van der Waals surface area contributed by atoms with Gasteiger partial charge in [0, 0.05) is 36.4 Å². The molecule has 1 fully saturated rings. The Labute approximate surface area is 146 Å². The molecule has 7 heteroatoms. The average Bonchev–Trinajstić information content (AvgIpc) is 2.66. The lowest BCUT2D eigenvalue weighted by Crippen LogP contribution is -2.36.